The number of carbonyl (C=O) groups is 1. The van der Waals surface area contributed by atoms with Crippen LogP contribution in [0.15, 0.2) is 27.7 Å². The van der Waals surface area contributed by atoms with E-state index < -0.39 is 0 Å². The molecule has 22 heavy (non-hydrogen) atoms. The summed E-state index contributed by atoms with van der Waals surface area (Å²) in [5, 5.41) is 3.98. The molecule has 0 saturated heterocycles. The van der Waals surface area contributed by atoms with E-state index in [4.69, 9.17) is 4.42 Å². The van der Waals surface area contributed by atoms with Gasteiger partial charge in [0, 0.05) is 10.8 Å². The van der Waals surface area contributed by atoms with E-state index in [1.807, 2.05) is 25.1 Å². The number of nitrogens with one attached hydrogen (secondary N) is 1. The molecular weight excluding hydrogens is 296 g/mol. The third kappa shape index (κ3) is 3.14. The molecule has 2 aromatic heterocycles. The van der Waals surface area contributed by atoms with Crippen LogP contribution < -0.4 is 5.43 Å². The number of carbonyl (C=O) groups excluding carboxylic acids is 1. The zero-order valence-electron chi connectivity index (χ0n) is 13.1. The fourth-order valence-corrected chi connectivity index (χ4v) is 3.55. The summed E-state index contributed by atoms with van der Waals surface area (Å²) in [4.78, 5) is 14.0. The Kier molecular flexibility index (Phi) is 4.16. The SMILES string of the molecule is CCc1sc(C(=O)N/N=C\c2ccc([C@H]3C[C@H]3C)o2)cc1C. The van der Waals surface area contributed by atoms with Crippen LogP contribution >= 0.6 is 11.3 Å². The molecule has 0 spiro atoms. The van der Waals surface area contributed by atoms with Crippen LogP contribution in [0.5, 0.6) is 0 Å². The van der Waals surface area contributed by atoms with E-state index in [0.29, 0.717) is 22.5 Å². The highest BCUT2D eigenvalue weighted by atomic mass is 32.1. The average Bonchev–Trinajstić information content (AvgIpc) is 2.90. The first-order valence-corrected chi connectivity index (χ1v) is 8.42. The Labute approximate surface area is 134 Å². The van der Waals surface area contributed by atoms with Crippen LogP contribution in [-0.4, -0.2) is 12.1 Å². The summed E-state index contributed by atoms with van der Waals surface area (Å²) in [6, 6.07) is 5.79. The fourth-order valence-electron chi connectivity index (χ4n) is 2.55. The zero-order chi connectivity index (χ0) is 15.7. The molecule has 2 aromatic rings. The van der Waals surface area contributed by atoms with Gasteiger partial charge in [-0.05, 0) is 49.4 Å². The molecule has 4 nitrogen and oxygen atoms in total. The lowest BCUT2D eigenvalue weighted by Crippen LogP contribution is -2.16. The van der Waals surface area contributed by atoms with Crippen molar-refractivity contribution in [2.45, 2.75) is 39.5 Å². The topological polar surface area (TPSA) is 54.6 Å². The van der Waals surface area contributed by atoms with Crippen LogP contribution in [0.3, 0.4) is 0 Å². The minimum atomic E-state index is -0.174. The number of hydrazone groups is 1. The molecule has 1 amide bonds. The maximum atomic E-state index is 12.0. The summed E-state index contributed by atoms with van der Waals surface area (Å²) in [5.74, 6) is 2.78. The maximum Gasteiger partial charge on any atom is 0.281 e. The molecule has 5 heteroatoms. The van der Waals surface area contributed by atoms with E-state index in [9.17, 15) is 4.79 Å². The normalized spacial score (nSPS) is 20.5. The van der Waals surface area contributed by atoms with Gasteiger partial charge in [-0.25, -0.2) is 5.43 Å². The minimum Gasteiger partial charge on any atom is -0.460 e. The van der Waals surface area contributed by atoms with Crippen molar-refractivity contribution in [3.8, 4) is 0 Å². The Morgan fingerprint density at radius 1 is 1.55 bits per heavy atom. The average molecular weight is 316 g/mol. The highest BCUT2D eigenvalue weighted by molar-refractivity contribution is 7.14. The molecule has 2 atom stereocenters. The molecular formula is C17H20N2O2S. The van der Waals surface area contributed by atoms with Crippen molar-refractivity contribution in [1.29, 1.82) is 0 Å². The summed E-state index contributed by atoms with van der Waals surface area (Å²) in [7, 11) is 0. The number of furan rings is 1. The zero-order valence-corrected chi connectivity index (χ0v) is 13.9. The van der Waals surface area contributed by atoms with Crippen molar-refractivity contribution in [3.63, 3.8) is 0 Å². The van der Waals surface area contributed by atoms with Crippen LogP contribution in [0.1, 0.15) is 57.8 Å². The fraction of sp³-hybridized carbons (Fsp3) is 0.412. The molecule has 116 valence electrons. The first-order valence-electron chi connectivity index (χ1n) is 7.61. The monoisotopic (exact) mass is 316 g/mol. The van der Waals surface area contributed by atoms with Gasteiger partial charge >= 0.3 is 0 Å². The highest BCUT2D eigenvalue weighted by Crippen LogP contribution is 2.47. The van der Waals surface area contributed by atoms with Crippen molar-refractivity contribution >= 4 is 23.5 Å². The number of thiophene rings is 1. The smallest absolute Gasteiger partial charge is 0.281 e. The lowest BCUT2D eigenvalue weighted by atomic mass is 10.2. The van der Waals surface area contributed by atoms with Crippen LogP contribution in [-0.2, 0) is 6.42 Å². The summed E-state index contributed by atoms with van der Waals surface area (Å²) in [6.45, 7) is 6.33. The van der Waals surface area contributed by atoms with Crippen molar-refractivity contribution < 1.29 is 9.21 Å². The second kappa shape index (κ2) is 6.08. The van der Waals surface area contributed by atoms with E-state index in [1.54, 1.807) is 6.21 Å². The number of amides is 1. The molecule has 0 unspecified atom stereocenters. The molecule has 1 aliphatic rings. The Hall–Kier alpha value is -1.88. The van der Waals surface area contributed by atoms with Gasteiger partial charge in [-0.2, -0.15) is 5.10 Å². The predicted molar refractivity (Wildman–Crippen MR) is 88.7 cm³/mol. The van der Waals surface area contributed by atoms with E-state index in [0.717, 1.165) is 17.7 Å². The number of nitrogens with zero attached hydrogens (tertiary/aromatic N) is 1. The van der Waals surface area contributed by atoms with Gasteiger partial charge in [0.15, 0.2) is 0 Å². The van der Waals surface area contributed by atoms with E-state index >= 15 is 0 Å². The van der Waals surface area contributed by atoms with Crippen LogP contribution in [0, 0.1) is 12.8 Å². The molecule has 1 aliphatic carbocycles. The van der Waals surface area contributed by atoms with Gasteiger partial charge in [-0.15, -0.1) is 11.3 Å². The van der Waals surface area contributed by atoms with Crippen LogP contribution in [0.4, 0.5) is 0 Å². The molecule has 1 fully saturated rings. The molecule has 0 aromatic carbocycles. The van der Waals surface area contributed by atoms with Gasteiger partial charge in [0.2, 0.25) is 0 Å². The first-order chi connectivity index (χ1) is 10.6. The molecule has 0 bridgehead atoms. The third-order valence-corrected chi connectivity index (χ3v) is 5.43. The number of rotatable bonds is 5. The number of hydrogen-bond acceptors (Lipinski definition) is 4. The molecule has 2 heterocycles. The van der Waals surface area contributed by atoms with Gasteiger partial charge in [-0.3, -0.25) is 4.79 Å². The highest BCUT2D eigenvalue weighted by Gasteiger charge is 2.36. The number of hydrogen-bond donors (Lipinski definition) is 1. The second-order valence-corrected chi connectivity index (χ2v) is 6.97. The van der Waals surface area contributed by atoms with Gasteiger partial charge in [-0.1, -0.05) is 13.8 Å². The Bertz CT molecular complexity index is 714. The van der Waals surface area contributed by atoms with Crippen LogP contribution in [0.2, 0.25) is 0 Å². The molecule has 0 aliphatic heterocycles. The van der Waals surface area contributed by atoms with E-state index in [1.165, 1.54) is 22.6 Å². The van der Waals surface area contributed by atoms with Gasteiger partial charge in [0.25, 0.3) is 5.91 Å². The molecule has 1 saturated carbocycles. The lowest BCUT2D eigenvalue weighted by Gasteiger charge is -1.95. The van der Waals surface area contributed by atoms with Crippen molar-refractivity contribution in [3.05, 3.63) is 45.0 Å². The largest absolute Gasteiger partial charge is 0.460 e. The molecule has 0 radical (unpaired) electrons. The molecule has 3 rings (SSSR count). The minimum absolute atomic E-state index is 0.174. The second-order valence-electron chi connectivity index (χ2n) is 5.83. The van der Waals surface area contributed by atoms with Crippen LogP contribution in [0.25, 0.3) is 0 Å². The van der Waals surface area contributed by atoms with Gasteiger partial charge in [0.1, 0.15) is 11.5 Å². The maximum absolute atomic E-state index is 12.0. The third-order valence-electron chi connectivity index (χ3n) is 4.05. The van der Waals surface area contributed by atoms with Crippen molar-refractivity contribution in [2.75, 3.05) is 0 Å². The molecule has 1 N–H and O–H groups in total. The summed E-state index contributed by atoms with van der Waals surface area (Å²) in [5.41, 5.74) is 3.72. The summed E-state index contributed by atoms with van der Waals surface area (Å²) < 4.78 is 5.71. The van der Waals surface area contributed by atoms with Crippen molar-refractivity contribution in [2.24, 2.45) is 11.0 Å². The van der Waals surface area contributed by atoms with Crippen molar-refractivity contribution in [1.82, 2.24) is 5.43 Å². The van der Waals surface area contributed by atoms with Gasteiger partial charge in [0.05, 0.1) is 11.1 Å². The first kappa shape index (κ1) is 15.0. The Morgan fingerprint density at radius 3 is 2.95 bits per heavy atom. The standard InChI is InChI=1S/C17H20N2O2S/c1-4-15-11(3)8-16(22-15)17(20)19-18-9-12-5-6-14(21-12)13-7-10(13)2/h5-6,8-10,13H,4,7H2,1-3H3,(H,19,20)/b18-9-/t10-,13+/m1/s1. The predicted octanol–water partition coefficient (Wildman–Crippen LogP) is 4.10. The van der Waals surface area contributed by atoms with E-state index in [-0.39, 0.29) is 5.91 Å². The van der Waals surface area contributed by atoms with Gasteiger partial charge < -0.3 is 4.42 Å². The summed E-state index contributed by atoms with van der Waals surface area (Å²) in [6.07, 6.45) is 3.69. The number of aryl methyl sites for hydroxylation is 2. The van der Waals surface area contributed by atoms with E-state index in [2.05, 4.69) is 24.4 Å². The summed E-state index contributed by atoms with van der Waals surface area (Å²) >= 11 is 1.52. The quantitative estimate of drug-likeness (QED) is 0.667. The Balaban J connectivity index is 1.59. The Morgan fingerprint density at radius 2 is 2.32 bits per heavy atom. The lowest BCUT2D eigenvalue weighted by molar-refractivity contribution is 0.0959.